The SMILES string of the molecule is Cc1ccc(CNc2ccc3c(c2)CCC(=O)N3)cc1F. The van der Waals surface area contributed by atoms with Crippen molar-refractivity contribution in [2.75, 3.05) is 10.6 Å². The number of carbonyl (C=O) groups is 1. The number of anilines is 2. The van der Waals surface area contributed by atoms with Gasteiger partial charge in [-0.15, -0.1) is 0 Å². The summed E-state index contributed by atoms with van der Waals surface area (Å²) in [6.45, 7) is 2.33. The first-order chi connectivity index (χ1) is 10.1. The zero-order valence-corrected chi connectivity index (χ0v) is 11.9. The minimum absolute atomic E-state index is 0.0679. The van der Waals surface area contributed by atoms with Crippen LogP contribution in [0.5, 0.6) is 0 Å². The Kier molecular flexibility index (Phi) is 3.60. The van der Waals surface area contributed by atoms with E-state index in [4.69, 9.17) is 0 Å². The van der Waals surface area contributed by atoms with Crippen LogP contribution in [0.25, 0.3) is 0 Å². The van der Waals surface area contributed by atoms with E-state index in [0.717, 1.165) is 28.9 Å². The second-order valence-electron chi connectivity index (χ2n) is 5.36. The lowest BCUT2D eigenvalue weighted by Gasteiger charge is -2.18. The van der Waals surface area contributed by atoms with Gasteiger partial charge in [0.1, 0.15) is 5.82 Å². The lowest BCUT2D eigenvalue weighted by molar-refractivity contribution is -0.116. The summed E-state index contributed by atoms with van der Waals surface area (Å²) in [4.78, 5) is 11.3. The summed E-state index contributed by atoms with van der Waals surface area (Å²) in [5, 5.41) is 6.15. The van der Waals surface area contributed by atoms with Crippen molar-refractivity contribution < 1.29 is 9.18 Å². The van der Waals surface area contributed by atoms with Gasteiger partial charge in [-0.2, -0.15) is 0 Å². The van der Waals surface area contributed by atoms with Crippen LogP contribution in [-0.4, -0.2) is 5.91 Å². The van der Waals surface area contributed by atoms with Crippen molar-refractivity contribution in [1.82, 2.24) is 0 Å². The number of halogens is 1. The molecular weight excluding hydrogens is 267 g/mol. The van der Waals surface area contributed by atoms with Gasteiger partial charge < -0.3 is 10.6 Å². The zero-order valence-electron chi connectivity index (χ0n) is 11.9. The molecule has 108 valence electrons. The van der Waals surface area contributed by atoms with E-state index < -0.39 is 0 Å². The highest BCUT2D eigenvalue weighted by atomic mass is 19.1. The number of nitrogens with one attached hydrogen (secondary N) is 2. The average molecular weight is 284 g/mol. The number of carbonyl (C=O) groups excluding carboxylic acids is 1. The Bertz CT molecular complexity index is 697. The lowest BCUT2D eigenvalue weighted by Crippen LogP contribution is -2.18. The van der Waals surface area contributed by atoms with Gasteiger partial charge >= 0.3 is 0 Å². The molecule has 0 aromatic heterocycles. The van der Waals surface area contributed by atoms with E-state index >= 15 is 0 Å². The number of rotatable bonds is 3. The molecule has 0 aliphatic carbocycles. The number of amides is 1. The van der Waals surface area contributed by atoms with Crippen LogP contribution in [-0.2, 0) is 17.8 Å². The maximum absolute atomic E-state index is 13.5. The summed E-state index contributed by atoms with van der Waals surface area (Å²) in [5.41, 5.74) is 4.56. The quantitative estimate of drug-likeness (QED) is 0.903. The molecule has 1 heterocycles. The van der Waals surface area contributed by atoms with Crippen LogP contribution in [0.1, 0.15) is 23.1 Å². The standard InChI is InChI=1S/C17H17FN2O/c1-11-2-3-12(8-15(11)18)10-19-14-5-6-16-13(9-14)4-7-17(21)20-16/h2-3,5-6,8-9,19H,4,7,10H2,1H3,(H,20,21). The fourth-order valence-corrected chi connectivity index (χ4v) is 2.44. The Labute approximate surface area is 123 Å². The zero-order chi connectivity index (χ0) is 14.8. The van der Waals surface area contributed by atoms with Gasteiger partial charge in [0.2, 0.25) is 5.91 Å². The third-order valence-corrected chi connectivity index (χ3v) is 3.73. The van der Waals surface area contributed by atoms with E-state index in [1.165, 1.54) is 0 Å². The van der Waals surface area contributed by atoms with Crippen LogP contribution in [0.3, 0.4) is 0 Å². The summed E-state index contributed by atoms with van der Waals surface area (Å²) in [6.07, 6.45) is 1.29. The minimum Gasteiger partial charge on any atom is -0.381 e. The van der Waals surface area contributed by atoms with Crippen molar-refractivity contribution in [3.05, 3.63) is 58.9 Å². The van der Waals surface area contributed by atoms with Crippen molar-refractivity contribution in [3.8, 4) is 0 Å². The highest BCUT2D eigenvalue weighted by Gasteiger charge is 2.14. The molecule has 2 aromatic rings. The van der Waals surface area contributed by atoms with Crippen molar-refractivity contribution in [2.24, 2.45) is 0 Å². The Hall–Kier alpha value is -2.36. The van der Waals surface area contributed by atoms with E-state index in [1.54, 1.807) is 19.1 Å². The van der Waals surface area contributed by atoms with E-state index in [0.29, 0.717) is 18.5 Å². The van der Waals surface area contributed by atoms with Crippen LogP contribution < -0.4 is 10.6 Å². The van der Waals surface area contributed by atoms with Crippen LogP contribution in [0.15, 0.2) is 36.4 Å². The number of benzene rings is 2. The molecule has 1 aliphatic heterocycles. The minimum atomic E-state index is -0.178. The largest absolute Gasteiger partial charge is 0.381 e. The van der Waals surface area contributed by atoms with E-state index in [2.05, 4.69) is 10.6 Å². The van der Waals surface area contributed by atoms with Crippen LogP contribution >= 0.6 is 0 Å². The molecule has 0 unspecified atom stereocenters. The number of aryl methyl sites for hydroxylation is 2. The second kappa shape index (κ2) is 5.56. The highest BCUT2D eigenvalue weighted by Crippen LogP contribution is 2.26. The molecule has 1 amide bonds. The molecular formula is C17H17FN2O. The maximum Gasteiger partial charge on any atom is 0.224 e. The van der Waals surface area contributed by atoms with Crippen LogP contribution in [0, 0.1) is 12.7 Å². The van der Waals surface area contributed by atoms with Crippen molar-refractivity contribution in [2.45, 2.75) is 26.3 Å². The Morgan fingerprint density at radius 2 is 2.05 bits per heavy atom. The van der Waals surface area contributed by atoms with Gasteiger partial charge in [-0.3, -0.25) is 4.79 Å². The normalized spacial score (nSPS) is 13.5. The van der Waals surface area contributed by atoms with Crippen LogP contribution in [0.2, 0.25) is 0 Å². The van der Waals surface area contributed by atoms with Gasteiger partial charge in [0.25, 0.3) is 0 Å². The van der Waals surface area contributed by atoms with E-state index in [-0.39, 0.29) is 11.7 Å². The molecule has 3 rings (SSSR count). The number of hydrogen-bond donors (Lipinski definition) is 2. The van der Waals surface area contributed by atoms with Gasteiger partial charge in [0.15, 0.2) is 0 Å². The topological polar surface area (TPSA) is 41.1 Å². The van der Waals surface area contributed by atoms with E-state index in [9.17, 15) is 9.18 Å². The van der Waals surface area contributed by atoms with Crippen molar-refractivity contribution in [3.63, 3.8) is 0 Å². The van der Waals surface area contributed by atoms with Crippen molar-refractivity contribution >= 4 is 17.3 Å². The summed E-state index contributed by atoms with van der Waals surface area (Å²) >= 11 is 0. The molecule has 0 radical (unpaired) electrons. The van der Waals surface area contributed by atoms with E-state index in [1.807, 2.05) is 24.3 Å². The van der Waals surface area contributed by atoms with Gasteiger partial charge in [0.05, 0.1) is 0 Å². The molecule has 0 saturated heterocycles. The smallest absolute Gasteiger partial charge is 0.224 e. The van der Waals surface area contributed by atoms with Crippen molar-refractivity contribution in [1.29, 1.82) is 0 Å². The predicted octanol–water partition coefficient (Wildman–Crippen LogP) is 3.63. The molecule has 3 nitrogen and oxygen atoms in total. The van der Waals surface area contributed by atoms with Gasteiger partial charge in [-0.25, -0.2) is 4.39 Å². The number of hydrogen-bond acceptors (Lipinski definition) is 2. The number of fused-ring (bicyclic) bond motifs is 1. The molecule has 2 aromatic carbocycles. The monoisotopic (exact) mass is 284 g/mol. The summed E-state index contributed by atoms with van der Waals surface area (Å²) in [6, 6.07) is 11.1. The first-order valence-corrected chi connectivity index (χ1v) is 7.03. The predicted molar refractivity (Wildman–Crippen MR) is 81.9 cm³/mol. The molecule has 2 N–H and O–H groups in total. The third-order valence-electron chi connectivity index (χ3n) is 3.73. The van der Waals surface area contributed by atoms with Gasteiger partial charge in [-0.05, 0) is 54.3 Å². The first kappa shape index (κ1) is 13.6. The molecule has 4 heteroatoms. The summed E-state index contributed by atoms with van der Waals surface area (Å²) < 4.78 is 13.5. The maximum atomic E-state index is 13.5. The first-order valence-electron chi connectivity index (χ1n) is 7.03. The average Bonchev–Trinajstić information content (AvgIpc) is 2.48. The summed E-state index contributed by atoms with van der Waals surface area (Å²) in [5.74, 6) is -0.110. The lowest BCUT2D eigenvalue weighted by atomic mass is 10.0. The van der Waals surface area contributed by atoms with Gasteiger partial charge in [0, 0.05) is 24.3 Å². The molecule has 0 spiro atoms. The molecule has 21 heavy (non-hydrogen) atoms. The second-order valence-corrected chi connectivity index (χ2v) is 5.36. The molecule has 1 aliphatic rings. The highest BCUT2D eigenvalue weighted by molar-refractivity contribution is 5.94. The Balaban J connectivity index is 1.71. The molecule has 0 saturated carbocycles. The van der Waals surface area contributed by atoms with Gasteiger partial charge in [-0.1, -0.05) is 12.1 Å². The molecule has 0 bridgehead atoms. The summed E-state index contributed by atoms with van der Waals surface area (Å²) in [7, 11) is 0. The van der Waals surface area contributed by atoms with Crippen LogP contribution in [0.4, 0.5) is 15.8 Å². The fourth-order valence-electron chi connectivity index (χ4n) is 2.44. The fraction of sp³-hybridized carbons (Fsp3) is 0.235. The Morgan fingerprint density at radius 1 is 1.19 bits per heavy atom. The third kappa shape index (κ3) is 3.05. The Morgan fingerprint density at radius 3 is 2.86 bits per heavy atom. The molecule has 0 atom stereocenters. The molecule has 0 fully saturated rings.